The number of urea groups is 1. The predicted molar refractivity (Wildman–Crippen MR) is 87.3 cm³/mol. The first kappa shape index (κ1) is 14.3. The number of amides is 2. The summed E-state index contributed by atoms with van der Waals surface area (Å²) in [4.78, 5) is 25.3. The van der Waals surface area contributed by atoms with E-state index < -0.39 is 0 Å². The summed E-state index contributed by atoms with van der Waals surface area (Å²) in [5, 5.41) is 2.91. The van der Waals surface area contributed by atoms with Crippen LogP contribution < -0.4 is 10.2 Å². The number of hydrogen-bond donors (Lipinski definition) is 1. The van der Waals surface area contributed by atoms with Gasteiger partial charge in [0.1, 0.15) is 5.78 Å². The van der Waals surface area contributed by atoms with Gasteiger partial charge in [-0.05, 0) is 42.7 Å². The highest BCUT2D eigenvalue weighted by Gasteiger charge is 2.23. The van der Waals surface area contributed by atoms with Gasteiger partial charge >= 0.3 is 6.03 Å². The van der Waals surface area contributed by atoms with Crippen molar-refractivity contribution in [1.82, 2.24) is 0 Å². The number of nitrogens with zero attached hydrogens (tertiary/aromatic N) is 1. The first-order chi connectivity index (χ1) is 10.6. The van der Waals surface area contributed by atoms with Gasteiger partial charge in [0, 0.05) is 24.3 Å². The maximum atomic E-state index is 12.4. The van der Waals surface area contributed by atoms with Crippen LogP contribution in [0.1, 0.15) is 18.1 Å². The fourth-order valence-corrected chi connectivity index (χ4v) is 2.73. The van der Waals surface area contributed by atoms with Crippen molar-refractivity contribution in [3.8, 4) is 0 Å². The molecule has 22 heavy (non-hydrogen) atoms. The highest BCUT2D eigenvalue weighted by molar-refractivity contribution is 6.03. The first-order valence-electron chi connectivity index (χ1n) is 7.38. The minimum Gasteiger partial charge on any atom is -0.308 e. The molecule has 2 aromatic carbocycles. The maximum Gasteiger partial charge on any atom is 0.326 e. The summed E-state index contributed by atoms with van der Waals surface area (Å²) in [7, 11) is 0. The smallest absolute Gasteiger partial charge is 0.308 e. The van der Waals surface area contributed by atoms with E-state index in [9.17, 15) is 9.59 Å². The van der Waals surface area contributed by atoms with Gasteiger partial charge in [0.05, 0.1) is 0 Å². The second-order valence-corrected chi connectivity index (χ2v) is 5.54. The van der Waals surface area contributed by atoms with Gasteiger partial charge in [-0.25, -0.2) is 4.79 Å². The molecule has 0 spiro atoms. The van der Waals surface area contributed by atoms with Crippen LogP contribution in [-0.2, 0) is 17.6 Å². The van der Waals surface area contributed by atoms with Crippen molar-refractivity contribution in [3.63, 3.8) is 0 Å². The molecule has 0 bridgehead atoms. The number of para-hydroxylation sites is 1. The number of ketones is 1. The molecular weight excluding hydrogens is 276 g/mol. The van der Waals surface area contributed by atoms with Crippen molar-refractivity contribution < 1.29 is 9.59 Å². The van der Waals surface area contributed by atoms with Crippen LogP contribution in [-0.4, -0.2) is 18.4 Å². The zero-order chi connectivity index (χ0) is 15.5. The van der Waals surface area contributed by atoms with E-state index in [4.69, 9.17) is 0 Å². The minimum atomic E-state index is -0.121. The SMILES string of the molecule is CC(=O)Cc1ccc(NC(=O)N2CCc3ccccc32)cc1. The first-order valence-corrected chi connectivity index (χ1v) is 7.38. The van der Waals surface area contributed by atoms with Gasteiger partial charge in [-0.2, -0.15) is 0 Å². The second-order valence-electron chi connectivity index (χ2n) is 5.54. The van der Waals surface area contributed by atoms with Crippen LogP contribution in [0.25, 0.3) is 0 Å². The van der Waals surface area contributed by atoms with Crippen molar-refractivity contribution in [2.75, 3.05) is 16.8 Å². The molecule has 1 N–H and O–H groups in total. The Labute approximate surface area is 129 Å². The molecule has 2 aromatic rings. The van der Waals surface area contributed by atoms with E-state index in [0.717, 1.165) is 23.4 Å². The summed E-state index contributed by atoms with van der Waals surface area (Å²) >= 11 is 0. The molecule has 1 aliphatic heterocycles. The van der Waals surface area contributed by atoms with Gasteiger partial charge in [0.2, 0.25) is 0 Å². The molecule has 0 saturated heterocycles. The number of rotatable bonds is 3. The van der Waals surface area contributed by atoms with E-state index >= 15 is 0 Å². The van der Waals surface area contributed by atoms with Gasteiger partial charge < -0.3 is 5.32 Å². The van der Waals surface area contributed by atoms with Crippen LogP contribution in [0.15, 0.2) is 48.5 Å². The lowest BCUT2D eigenvalue weighted by molar-refractivity contribution is -0.116. The number of carbonyl (C=O) groups excluding carboxylic acids is 2. The Hall–Kier alpha value is -2.62. The summed E-state index contributed by atoms with van der Waals surface area (Å²) in [5.41, 5.74) is 3.88. The molecule has 112 valence electrons. The Morgan fingerprint density at radius 2 is 1.82 bits per heavy atom. The van der Waals surface area contributed by atoms with E-state index in [-0.39, 0.29) is 11.8 Å². The summed E-state index contributed by atoms with van der Waals surface area (Å²) in [6.07, 6.45) is 1.31. The Bertz CT molecular complexity index is 707. The van der Waals surface area contributed by atoms with E-state index in [1.54, 1.807) is 11.8 Å². The molecule has 3 rings (SSSR count). The zero-order valence-electron chi connectivity index (χ0n) is 12.5. The molecule has 1 aliphatic rings. The monoisotopic (exact) mass is 294 g/mol. The van der Waals surface area contributed by atoms with Gasteiger partial charge in [-0.15, -0.1) is 0 Å². The lowest BCUT2D eigenvalue weighted by Crippen LogP contribution is -2.33. The predicted octanol–water partition coefficient (Wildman–Crippen LogP) is 3.41. The fourth-order valence-electron chi connectivity index (χ4n) is 2.73. The lowest BCUT2D eigenvalue weighted by Gasteiger charge is -2.18. The number of hydrogen-bond acceptors (Lipinski definition) is 2. The summed E-state index contributed by atoms with van der Waals surface area (Å²) in [6.45, 7) is 2.27. The molecular formula is C18H18N2O2. The van der Waals surface area contributed by atoms with Gasteiger partial charge in [0.25, 0.3) is 0 Å². The highest BCUT2D eigenvalue weighted by Crippen LogP contribution is 2.28. The van der Waals surface area contributed by atoms with Crippen LogP contribution in [0, 0.1) is 0 Å². The molecule has 4 heteroatoms. The van der Waals surface area contributed by atoms with Crippen LogP contribution in [0.3, 0.4) is 0 Å². The minimum absolute atomic E-state index is 0.121. The molecule has 0 unspecified atom stereocenters. The number of nitrogens with one attached hydrogen (secondary N) is 1. The molecule has 2 amide bonds. The number of carbonyl (C=O) groups is 2. The largest absolute Gasteiger partial charge is 0.326 e. The Morgan fingerprint density at radius 1 is 1.09 bits per heavy atom. The number of fused-ring (bicyclic) bond motifs is 1. The molecule has 4 nitrogen and oxygen atoms in total. The average Bonchev–Trinajstić information content (AvgIpc) is 2.93. The zero-order valence-corrected chi connectivity index (χ0v) is 12.5. The third kappa shape index (κ3) is 3.01. The topological polar surface area (TPSA) is 49.4 Å². The summed E-state index contributed by atoms with van der Waals surface area (Å²) in [5.74, 6) is 0.130. The Morgan fingerprint density at radius 3 is 2.55 bits per heavy atom. The van der Waals surface area contributed by atoms with Crippen LogP contribution in [0.4, 0.5) is 16.2 Å². The van der Waals surface area contributed by atoms with Crippen LogP contribution in [0.5, 0.6) is 0 Å². The maximum absolute atomic E-state index is 12.4. The van der Waals surface area contributed by atoms with Crippen molar-refractivity contribution in [1.29, 1.82) is 0 Å². The van der Waals surface area contributed by atoms with E-state index in [1.165, 1.54) is 5.56 Å². The van der Waals surface area contributed by atoms with Crippen molar-refractivity contribution in [3.05, 3.63) is 59.7 Å². The molecule has 0 saturated carbocycles. The summed E-state index contributed by atoms with van der Waals surface area (Å²) in [6, 6.07) is 15.2. The van der Waals surface area contributed by atoms with Gasteiger partial charge in [-0.1, -0.05) is 30.3 Å². The van der Waals surface area contributed by atoms with Crippen LogP contribution in [0.2, 0.25) is 0 Å². The Balaban J connectivity index is 1.69. The van der Waals surface area contributed by atoms with Crippen molar-refractivity contribution in [2.24, 2.45) is 0 Å². The number of anilines is 2. The summed E-state index contributed by atoms with van der Waals surface area (Å²) < 4.78 is 0. The van der Waals surface area contributed by atoms with E-state index in [0.29, 0.717) is 13.0 Å². The molecule has 0 fully saturated rings. The molecule has 0 aliphatic carbocycles. The van der Waals surface area contributed by atoms with Crippen molar-refractivity contribution in [2.45, 2.75) is 19.8 Å². The molecule has 0 atom stereocenters. The van der Waals surface area contributed by atoms with Gasteiger partial charge in [-0.3, -0.25) is 9.69 Å². The van der Waals surface area contributed by atoms with Crippen molar-refractivity contribution >= 4 is 23.2 Å². The van der Waals surface area contributed by atoms with Gasteiger partial charge in [0.15, 0.2) is 0 Å². The normalized spacial score (nSPS) is 12.9. The quantitative estimate of drug-likeness (QED) is 0.943. The van der Waals surface area contributed by atoms with Crippen LogP contribution >= 0.6 is 0 Å². The second kappa shape index (κ2) is 6.02. The van der Waals surface area contributed by atoms with E-state index in [1.807, 2.05) is 42.5 Å². The Kier molecular flexibility index (Phi) is 3.92. The average molecular weight is 294 g/mol. The number of Topliss-reactive ketones (excluding diaryl/α,β-unsaturated/α-hetero) is 1. The molecule has 0 radical (unpaired) electrons. The molecule has 0 aromatic heterocycles. The molecule has 1 heterocycles. The standard InChI is InChI=1S/C18H18N2O2/c1-13(21)12-14-6-8-16(9-7-14)19-18(22)20-11-10-15-4-2-3-5-17(15)20/h2-9H,10-12H2,1H3,(H,19,22). The lowest BCUT2D eigenvalue weighted by atomic mass is 10.1. The third-order valence-corrected chi connectivity index (χ3v) is 3.79. The van der Waals surface area contributed by atoms with E-state index in [2.05, 4.69) is 11.4 Å². The third-order valence-electron chi connectivity index (χ3n) is 3.79. The number of benzene rings is 2. The fraction of sp³-hybridized carbons (Fsp3) is 0.222. The highest BCUT2D eigenvalue weighted by atomic mass is 16.2.